The van der Waals surface area contributed by atoms with Crippen molar-refractivity contribution in [3.8, 4) is 17.2 Å². The lowest BCUT2D eigenvalue weighted by molar-refractivity contribution is -0.135. The molecule has 0 aliphatic carbocycles. The van der Waals surface area contributed by atoms with E-state index < -0.39 is 0 Å². The summed E-state index contributed by atoms with van der Waals surface area (Å²) in [5, 5.41) is 10.7. The van der Waals surface area contributed by atoms with Gasteiger partial charge in [-0.2, -0.15) is 0 Å². The molecule has 6 heteroatoms. The highest BCUT2D eigenvalue weighted by Gasteiger charge is 2.38. The van der Waals surface area contributed by atoms with Crippen molar-refractivity contribution in [2.45, 2.75) is 12.3 Å². The van der Waals surface area contributed by atoms with Gasteiger partial charge in [0.2, 0.25) is 5.78 Å². The van der Waals surface area contributed by atoms with E-state index in [2.05, 4.69) is 0 Å². The normalized spacial score (nSPS) is 18.2. The third kappa shape index (κ3) is 3.03. The molecule has 33 heavy (non-hydrogen) atoms. The highest BCUT2D eigenvalue weighted by molar-refractivity contribution is 6.15. The van der Waals surface area contributed by atoms with Gasteiger partial charge in [0, 0.05) is 41.2 Å². The summed E-state index contributed by atoms with van der Waals surface area (Å²) >= 11 is 0. The third-order valence-electron chi connectivity index (χ3n) is 6.29. The first-order chi connectivity index (χ1) is 16.0. The molecular weight excluding hydrogens is 418 g/mol. The van der Waals surface area contributed by atoms with Crippen molar-refractivity contribution in [2.24, 2.45) is 7.05 Å². The van der Waals surface area contributed by atoms with Crippen LogP contribution in [-0.2, 0) is 11.8 Å². The Bertz CT molecular complexity index is 1490. The van der Waals surface area contributed by atoms with Crippen LogP contribution in [-0.4, -0.2) is 21.4 Å². The lowest BCUT2D eigenvalue weighted by Crippen LogP contribution is -2.21. The van der Waals surface area contributed by atoms with Crippen molar-refractivity contribution >= 4 is 28.7 Å². The van der Waals surface area contributed by atoms with Gasteiger partial charge < -0.3 is 19.1 Å². The lowest BCUT2D eigenvalue weighted by atomic mass is 9.84. The average Bonchev–Trinajstić information content (AvgIpc) is 3.30. The molecule has 3 aromatic carbocycles. The molecule has 1 N–H and O–H groups in total. The fourth-order valence-corrected chi connectivity index (χ4v) is 4.73. The summed E-state index contributed by atoms with van der Waals surface area (Å²) < 4.78 is 13.6. The van der Waals surface area contributed by atoms with Crippen LogP contribution in [0.5, 0.6) is 17.2 Å². The van der Waals surface area contributed by atoms with Crippen molar-refractivity contribution in [3.05, 3.63) is 94.9 Å². The van der Waals surface area contributed by atoms with Crippen LogP contribution in [0.4, 0.5) is 0 Å². The van der Waals surface area contributed by atoms with E-state index in [9.17, 15) is 14.7 Å². The first-order valence-electron chi connectivity index (χ1n) is 10.6. The van der Waals surface area contributed by atoms with Crippen molar-refractivity contribution in [1.82, 2.24) is 4.57 Å². The van der Waals surface area contributed by atoms with Gasteiger partial charge in [0.15, 0.2) is 5.76 Å². The molecule has 4 aromatic rings. The van der Waals surface area contributed by atoms with Crippen LogP contribution in [0.25, 0.3) is 17.0 Å². The fraction of sp³-hybridized carbons (Fsp3) is 0.111. The van der Waals surface area contributed by atoms with Gasteiger partial charge in [-0.05, 0) is 42.0 Å². The fourth-order valence-electron chi connectivity index (χ4n) is 4.73. The number of allylic oxidation sites excluding steroid dienone is 1. The Kier molecular flexibility index (Phi) is 4.17. The summed E-state index contributed by atoms with van der Waals surface area (Å²) in [6.07, 6.45) is 3.85. The first kappa shape index (κ1) is 19.4. The van der Waals surface area contributed by atoms with Crippen LogP contribution >= 0.6 is 0 Å². The number of hydrogen-bond donors (Lipinski definition) is 1. The number of ketones is 1. The van der Waals surface area contributed by atoms with Gasteiger partial charge in [-0.1, -0.05) is 30.3 Å². The van der Waals surface area contributed by atoms with Gasteiger partial charge in [-0.25, -0.2) is 0 Å². The minimum absolute atomic E-state index is 0.119. The van der Waals surface area contributed by atoms with Crippen molar-refractivity contribution in [3.63, 3.8) is 0 Å². The molecule has 0 fully saturated rings. The first-order valence-corrected chi connectivity index (χ1v) is 10.6. The number of nitrogens with zero attached hydrogens (tertiary/aromatic N) is 1. The van der Waals surface area contributed by atoms with Crippen molar-refractivity contribution < 1.29 is 24.2 Å². The number of para-hydroxylation sites is 1. The smallest absolute Gasteiger partial charge is 0.312 e. The summed E-state index contributed by atoms with van der Waals surface area (Å²) in [7, 11) is 1.96. The van der Waals surface area contributed by atoms with E-state index in [1.807, 2.05) is 42.1 Å². The van der Waals surface area contributed by atoms with Gasteiger partial charge in [-0.3, -0.25) is 9.59 Å². The number of benzene rings is 3. The van der Waals surface area contributed by atoms with Gasteiger partial charge >= 0.3 is 5.97 Å². The van der Waals surface area contributed by atoms with Crippen LogP contribution in [0.2, 0.25) is 0 Å². The molecule has 0 spiro atoms. The monoisotopic (exact) mass is 437 g/mol. The number of ether oxygens (including phenoxy) is 2. The Morgan fingerprint density at radius 3 is 2.61 bits per heavy atom. The second-order valence-electron chi connectivity index (χ2n) is 8.33. The Balaban J connectivity index is 1.47. The van der Waals surface area contributed by atoms with Crippen LogP contribution in [0.1, 0.15) is 39.4 Å². The molecule has 2 aliphatic rings. The number of phenolic OH excluding ortho intramolecular Hbond substituents is 1. The van der Waals surface area contributed by atoms with Gasteiger partial charge in [0.05, 0.1) is 12.0 Å². The van der Waals surface area contributed by atoms with Crippen LogP contribution in [0.3, 0.4) is 0 Å². The molecule has 6 rings (SSSR count). The Morgan fingerprint density at radius 1 is 1.00 bits per heavy atom. The van der Waals surface area contributed by atoms with Gasteiger partial charge in [0.25, 0.3) is 0 Å². The molecule has 1 unspecified atom stereocenters. The lowest BCUT2D eigenvalue weighted by Gasteiger charge is -2.26. The average molecular weight is 437 g/mol. The second-order valence-corrected chi connectivity index (χ2v) is 8.33. The number of rotatable bonds is 2. The zero-order chi connectivity index (χ0) is 22.7. The maximum absolute atomic E-state index is 13.2. The summed E-state index contributed by atoms with van der Waals surface area (Å²) in [6, 6.07) is 18.0. The Labute approximate surface area is 189 Å². The molecule has 2 aliphatic heterocycles. The number of aromatic nitrogens is 1. The summed E-state index contributed by atoms with van der Waals surface area (Å²) in [4.78, 5) is 25.5. The summed E-state index contributed by atoms with van der Waals surface area (Å²) in [5.74, 6) is 0.287. The number of carbonyl (C=O) groups excluding carboxylic acids is 2. The van der Waals surface area contributed by atoms with E-state index in [0.717, 1.165) is 22.0 Å². The molecular formula is C27H19NO5. The minimum atomic E-state index is -0.351. The molecule has 0 radical (unpaired) electrons. The van der Waals surface area contributed by atoms with Crippen LogP contribution in [0, 0.1) is 0 Å². The van der Waals surface area contributed by atoms with E-state index in [1.54, 1.807) is 42.5 Å². The van der Waals surface area contributed by atoms with E-state index in [4.69, 9.17) is 9.47 Å². The maximum Gasteiger partial charge on any atom is 0.312 e. The zero-order valence-corrected chi connectivity index (χ0v) is 17.7. The molecule has 162 valence electrons. The maximum atomic E-state index is 13.2. The van der Waals surface area contributed by atoms with Gasteiger partial charge in [0.1, 0.15) is 17.2 Å². The van der Waals surface area contributed by atoms with Crippen molar-refractivity contribution in [1.29, 1.82) is 0 Å². The predicted molar refractivity (Wildman–Crippen MR) is 122 cm³/mol. The number of esters is 1. The standard InChI is InChI=1S/C27H19NO5/c1-28-14-16(18-4-2-3-5-21(18)28)12-23-26(31)19-10-11-22-25(27(19)33-23)20(13-24(30)32-22)15-6-8-17(29)9-7-15/h2-12,14,20,29H,13H2,1H3. The summed E-state index contributed by atoms with van der Waals surface area (Å²) in [5.41, 5.74) is 3.90. The second kappa shape index (κ2) is 7.10. The van der Waals surface area contributed by atoms with E-state index >= 15 is 0 Å². The predicted octanol–water partition coefficient (Wildman–Crippen LogP) is 4.94. The van der Waals surface area contributed by atoms with E-state index in [0.29, 0.717) is 22.6 Å². The number of hydrogen-bond acceptors (Lipinski definition) is 5. The largest absolute Gasteiger partial charge is 0.508 e. The highest BCUT2D eigenvalue weighted by atomic mass is 16.5. The minimum Gasteiger partial charge on any atom is -0.508 e. The van der Waals surface area contributed by atoms with E-state index in [-0.39, 0.29) is 35.6 Å². The van der Waals surface area contributed by atoms with E-state index in [1.165, 1.54) is 0 Å². The Morgan fingerprint density at radius 2 is 1.79 bits per heavy atom. The van der Waals surface area contributed by atoms with Crippen LogP contribution < -0.4 is 9.47 Å². The topological polar surface area (TPSA) is 77.8 Å². The number of aromatic hydroxyl groups is 1. The number of aryl methyl sites for hydroxylation is 1. The molecule has 0 saturated heterocycles. The Hall–Kier alpha value is -4.32. The zero-order valence-electron chi connectivity index (χ0n) is 17.7. The van der Waals surface area contributed by atoms with Crippen molar-refractivity contribution in [2.75, 3.05) is 0 Å². The molecule has 1 atom stereocenters. The molecule has 0 amide bonds. The molecule has 6 nitrogen and oxygen atoms in total. The van der Waals surface area contributed by atoms with Crippen LogP contribution in [0.15, 0.2) is 72.6 Å². The quantitative estimate of drug-likeness (QED) is 0.273. The SMILES string of the molecule is Cn1cc(C=C2Oc3c(ccc4c3C(c3ccc(O)cc3)CC(=O)O4)C2=O)c2ccccc21. The number of Topliss-reactive ketones (excluding diaryl/α,β-unsaturated/α-hetero) is 1. The molecule has 3 heterocycles. The molecule has 0 saturated carbocycles. The number of phenols is 1. The van der Waals surface area contributed by atoms with Gasteiger partial charge in [-0.15, -0.1) is 0 Å². The number of carbonyl (C=O) groups is 2. The number of fused-ring (bicyclic) bond motifs is 4. The molecule has 1 aromatic heterocycles. The summed E-state index contributed by atoms with van der Waals surface area (Å²) in [6.45, 7) is 0. The molecule has 0 bridgehead atoms. The highest BCUT2D eigenvalue weighted by Crippen LogP contribution is 2.49. The third-order valence-corrected chi connectivity index (χ3v) is 6.29.